The van der Waals surface area contributed by atoms with Crippen molar-refractivity contribution < 1.29 is 17.9 Å². The molecular weight excluding hydrogens is 346 g/mol. The Bertz CT molecular complexity index is 810. The van der Waals surface area contributed by atoms with Crippen LogP contribution in [-0.4, -0.2) is 22.6 Å². The summed E-state index contributed by atoms with van der Waals surface area (Å²) < 4.78 is 39.0. The van der Waals surface area contributed by atoms with Crippen LogP contribution >= 0.6 is 11.3 Å². The summed E-state index contributed by atoms with van der Waals surface area (Å²) in [5.41, 5.74) is -0.00891. The Morgan fingerprint density at radius 1 is 1.08 bits per heavy atom. The number of thiophene rings is 1. The van der Waals surface area contributed by atoms with Gasteiger partial charge >= 0.3 is 0 Å². The van der Waals surface area contributed by atoms with Gasteiger partial charge < -0.3 is 9.47 Å². The number of ether oxygens (including phenoxy) is 2. The summed E-state index contributed by atoms with van der Waals surface area (Å²) in [5.74, 6) is 1.16. The zero-order valence-corrected chi connectivity index (χ0v) is 16.2. The molecule has 1 aromatic carbocycles. The van der Waals surface area contributed by atoms with Gasteiger partial charge in [-0.3, -0.25) is 0 Å². The van der Waals surface area contributed by atoms with Crippen LogP contribution in [0.4, 0.5) is 0 Å². The highest BCUT2D eigenvalue weighted by molar-refractivity contribution is 7.91. The molecule has 1 heterocycles. The van der Waals surface area contributed by atoms with Crippen molar-refractivity contribution in [1.29, 1.82) is 0 Å². The third kappa shape index (κ3) is 3.91. The molecule has 0 aliphatic carbocycles. The third-order valence-electron chi connectivity index (χ3n) is 3.75. The van der Waals surface area contributed by atoms with E-state index in [1.54, 1.807) is 32.4 Å². The smallest absolute Gasteiger partial charge is 0.250 e. The van der Waals surface area contributed by atoms with Crippen LogP contribution in [0, 0.1) is 0 Å². The molecule has 0 aliphatic heterocycles. The molecule has 0 saturated carbocycles. The molecule has 0 bridgehead atoms. The first-order valence-corrected chi connectivity index (χ1v) is 9.88. The van der Waals surface area contributed by atoms with Crippen molar-refractivity contribution in [2.24, 2.45) is 0 Å². The van der Waals surface area contributed by atoms with Crippen molar-refractivity contribution in [3.8, 4) is 11.5 Å². The highest BCUT2D eigenvalue weighted by Crippen LogP contribution is 2.33. The summed E-state index contributed by atoms with van der Waals surface area (Å²) in [6, 6.07) is 8.88. The van der Waals surface area contributed by atoms with Gasteiger partial charge in [-0.1, -0.05) is 13.0 Å². The number of benzene rings is 1. The first-order chi connectivity index (χ1) is 11.2. The van der Waals surface area contributed by atoms with Crippen LogP contribution < -0.4 is 14.2 Å². The molecule has 0 fully saturated rings. The Kier molecular flexibility index (Phi) is 5.57. The molecule has 7 heteroatoms. The van der Waals surface area contributed by atoms with E-state index in [9.17, 15) is 8.42 Å². The number of hydrogen-bond donors (Lipinski definition) is 1. The van der Waals surface area contributed by atoms with Crippen LogP contribution in [0.1, 0.15) is 31.2 Å². The molecule has 0 spiro atoms. The van der Waals surface area contributed by atoms with Gasteiger partial charge in [0.2, 0.25) is 0 Å². The first-order valence-electron chi connectivity index (χ1n) is 7.58. The Labute approximate surface area is 147 Å². The second kappa shape index (κ2) is 7.13. The van der Waals surface area contributed by atoms with Crippen LogP contribution in [0.25, 0.3) is 0 Å². The maximum atomic E-state index is 12.7. The Morgan fingerprint density at radius 2 is 1.75 bits per heavy atom. The molecule has 24 heavy (non-hydrogen) atoms. The van der Waals surface area contributed by atoms with Gasteiger partial charge in [-0.25, -0.2) is 13.1 Å². The molecule has 0 aliphatic rings. The molecule has 1 aromatic heterocycles. The van der Waals surface area contributed by atoms with Crippen molar-refractivity contribution in [3.05, 3.63) is 40.8 Å². The number of aryl methyl sites for hydroxylation is 1. The standard InChI is InChI=1S/C17H23NO4S2/c1-6-13-8-10-16(23-13)24(19,20)18-17(2,3)12-7-9-14(21-4)15(11-12)22-5/h7-11,18H,6H2,1-5H3. The largest absolute Gasteiger partial charge is 0.493 e. The minimum Gasteiger partial charge on any atom is -0.493 e. The lowest BCUT2D eigenvalue weighted by atomic mass is 9.95. The quantitative estimate of drug-likeness (QED) is 0.811. The maximum Gasteiger partial charge on any atom is 0.250 e. The number of nitrogens with one attached hydrogen (secondary N) is 1. The van der Waals surface area contributed by atoms with E-state index in [2.05, 4.69) is 4.72 Å². The molecule has 5 nitrogen and oxygen atoms in total. The predicted molar refractivity (Wildman–Crippen MR) is 96.6 cm³/mol. The topological polar surface area (TPSA) is 64.6 Å². The summed E-state index contributed by atoms with van der Waals surface area (Å²) in [6.07, 6.45) is 0.819. The van der Waals surface area contributed by atoms with E-state index < -0.39 is 15.6 Å². The second-order valence-electron chi connectivity index (χ2n) is 5.87. The lowest BCUT2D eigenvalue weighted by molar-refractivity contribution is 0.352. The number of methoxy groups -OCH3 is 2. The van der Waals surface area contributed by atoms with Gasteiger partial charge in [-0.15, -0.1) is 11.3 Å². The minimum atomic E-state index is -3.59. The van der Waals surface area contributed by atoms with Crippen LogP contribution in [0.2, 0.25) is 0 Å². The average Bonchev–Trinajstić information content (AvgIpc) is 3.03. The van der Waals surface area contributed by atoms with Gasteiger partial charge in [0.05, 0.1) is 19.8 Å². The minimum absolute atomic E-state index is 0.327. The van der Waals surface area contributed by atoms with Gasteiger partial charge in [-0.2, -0.15) is 0 Å². The fourth-order valence-corrected chi connectivity index (χ4v) is 5.06. The van der Waals surface area contributed by atoms with E-state index in [1.807, 2.05) is 32.9 Å². The highest BCUT2D eigenvalue weighted by atomic mass is 32.2. The molecule has 1 N–H and O–H groups in total. The van der Waals surface area contributed by atoms with Crippen LogP contribution in [0.3, 0.4) is 0 Å². The fraction of sp³-hybridized carbons (Fsp3) is 0.412. The summed E-state index contributed by atoms with van der Waals surface area (Å²) in [5, 5.41) is 0. The lowest BCUT2D eigenvalue weighted by Gasteiger charge is -2.27. The van der Waals surface area contributed by atoms with Gasteiger partial charge in [0.15, 0.2) is 11.5 Å². The van der Waals surface area contributed by atoms with Gasteiger partial charge in [0, 0.05) is 4.88 Å². The first kappa shape index (κ1) is 18.8. The van der Waals surface area contributed by atoms with Crippen LogP contribution in [-0.2, 0) is 22.0 Å². The van der Waals surface area contributed by atoms with E-state index in [0.29, 0.717) is 15.7 Å². The summed E-state index contributed by atoms with van der Waals surface area (Å²) >= 11 is 1.29. The summed E-state index contributed by atoms with van der Waals surface area (Å²) in [4.78, 5) is 1.04. The maximum absolute atomic E-state index is 12.7. The van der Waals surface area contributed by atoms with Gasteiger partial charge in [0.1, 0.15) is 4.21 Å². The van der Waals surface area contributed by atoms with Gasteiger partial charge in [0.25, 0.3) is 10.0 Å². The monoisotopic (exact) mass is 369 g/mol. The number of rotatable bonds is 7. The molecule has 2 rings (SSSR count). The average molecular weight is 370 g/mol. The second-order valence-corrected chi connectivity index (χ2v) is 8.95. The molecule has 0 unspecified atom stereocenters. The van der Waals surface area contributed by atoms with E-state index >= 15 is 0 Å². The SMILES string of the molecule is CCc1ccc(S(=O)(=O)NC(C)(C)c2ccc(OC)c(OC)c2)s1. The Balaban J connectivity index is 2.33. The van der Waals surface area contributed by atoms with E-state index in [1.165, 1.54) is 11.3 Å². The molecule has 0 amide bonds. The van der Waals surface area contributed by atoms with Crippen LogP contribution in [0.15, 0.2) is 34.5 Å². The number of sulfonamides is 1. The van der Waals surface area contributed by atoms with E-state index in [0.717, 1.165) is 16.9 Å². The predicted octanol–water partition coefficient (Wildman–Crippen LogP) is 3.54. The normalized spacial score (nSPS) is 12.2. The highest BCUT2D eigenvalue weighted by Gasteiger charge is 2.29. The van der Waals surface area contributed by atoms with Crippen molar-refractivity contribution in [3.63, 3.8) is 0 Å². The Morgan fingerprint density at radius 3 is 2.29 bits per heavy atom. The number of hydrogen-bond acceptors (Lipinski definition) is 5. The molecular formula is C17H23NO4S2. The zero-order valence-electron chi connectivity index (χ0n) is 14.5. The van der Waals surface area contributed by atoms with E-state index in [4.69, 9.17) is 9.47 Å². The van der Waals surface area contributed by atoms with Crippen molar-refractivity contribution in [1.82, 2.24) is 4.72 Å². The van der Waals surface area contributed by atoms with Crippen molar-refractivity contribution in [2.45, 2.75) is 36.9 Å². The molecule has 0 radical (unpaired) electrons. The van der Waals surface area contributed by atoms with Crippen molar-refractivity contribution in [2.75, 3.05) is 14.2 Å². The van der Waals surface area contributed by atoms with Gasteiger partial charge in [-0.05, 0) is 50.1 Å². The molecule has 132 valence electrons. The molecule has 0 atom stereocenters. The molecule has 2 aromatic rings. The Hall–Kier alpha value is -1.57. The third-order valence-corrected chi connectivity index (χ3v) is 7.12. The van der Waals surface area contributed by atoms with Crippen LogP contribution in [0.5, 0.6) is 11.5 Å². The molecule has 0 saturated heterocycles. The fourth-order valence-electron chi connectivity index (χ4n) is 2.36. The summed E-state index contributed by atoms with van der Waals surface area (Å²) in [7, 11) is -0.479. The summed E-state index contributed by atoms with van der Waals surface area (Å²) in [6.45, 7) is 5.64. The zero-order chi connectivity index (χ0) is 18.0. The van der Waals surface area contributed by atoms with E-state index in [-0.39, 0.29) is 0 Å². The lowest BCUT2D eigenvalue weighted by Crippen LogP contribution is -2.40. The van der Waals surface area contributed by atoms with Crippen molar-refractivity contribution >= 4 is 21.4 Å².